The van der Waals surface area contributed by atoms with Crippen molar-refractivity contribution in [3.05, 3.63) is 72.6 Å². The molecule has 2 aromatic carbocycles. The zero-order chi connectivity index (χ0) is 15.2. The van der Waals surface area contributed by atoms with E-state index >= 15 is 0 Å². The van der Waals surface area contributed by atoms with E-state index in [1.54, 1.807) is 36.7 Å². The highest BCUT2D eigenvalue weighted by atomic mass is 16.5. The van der Waals surface area contributed by atoms with Gasteiger partial charge in [0.25, 0.3) is 0 Å². The van der Waals surface area contributed by atoms with E-state index in [9.17, 15) is 0 Å². The topological polar surface area (TPSA) is 68.0 Å². The molecule has 0 bridgehead atoms. The summed E-state index contributed by atoms with van der Waals surface area (Å²) in [5.74, 6) is 1.54. The molecular weight excluding hydrogens is 278 g/mol. The standard InChI is InChI=1S/C17H11N3O2/c18-12-13-7-8-15(21-14-5-2-1-3-6-14)16(11-13)22-17-19-9-4-10-20-17/h1-11H. The lowest BCUT2D eigenvalue weighted by Crippen LogP contribution is -1.94. The largest absolute Gasteiger partial charge is 0.453 e. The number of hydrogen-bond donors (Lipinski definition) is 0. The molecule has 1 aromatic heterocycles. The molecule has 0 aliphatic heterocycles. The van der Waals surface area contributed by atoms with Gasteiger partial charge < -0.3 is 9.47 Å². The number of para-hydroxylation sites is 1. The average molecular weight is 289 g/mol. The fraction of sp³-hybridized carbons (Fsp3) is 0. The molecule has 5 nitrogen and oxygen atoms in total. The molecule has 22 heavy (non-hydrogen) atoms. The molecule has 3 rings (SSSR count). The Balaban J connectivity index is 1.94. The van der Waals surface area contributed by atoms with E-state index in [2.05, 4.69) is 16.0 Å². The molecule has 0 saturated heterocycles. The third-order valence-corrected chi connectivity index (χ3v) is 2.79. The van der Waals surface area contributed by atoms with Gasteiger partial charge in [-0.2, -0.15) is 5.26 Å². The van der Waals surface area contributed by atoms with Gasteiger partial charge in [0.2, 0.25) is 0 Å². The number of nitriles is 1. The molecule has 1 heterocycles. The first kappa shape index (κ1) is 13.6. The van der Waals surface area contributed by atoms with Gasteiger partial charge in [0, 0.05) is 18.5 Å². The number of hydrogen-bond acceptors (Lipinski definition) is 5. The minimum Gasteiger partial charge on any atom is -0.453 e. The van der Waals surface area contributed by atoms with E-state index in [0.717, 1.165) is 0 Å². The van der Waals surface area contributed by atoms with Gasteiger partial charge >= 0.3 is 6.01 Å². The Bertz CT molecular complexity index is 799. The van der Waals surface area contributed by atoms with Crippen LogP contribution >= 0.6 is 0 Å². The average Bonchev–Trinajstić information content (AvgIpc) is 2.58. The second kappa shape index (κ2) is 6.37. The van der Waals surface area contributed by atoms with Gasteiger partial charge in [-0.05, 0) is 30.3 Å². The maximum absolute atomic E-state index is 9.03. The molecule has 0 aliphatic rings. The third kappa shape index (κ3) is 3.19. The molecule has 5 heteroatoms. The van der Waals surface area contributed by atoms with Crippen LogP contribution in [0, 0.1) is 11.3 Å². The quantitative estimate of drug-likeness (QED) is 0.727. The lowest BCUT2D eigenvalue weighted by Gasteiger charge is -2.11. The minimum atomic E-state index is 0.190. The summed E-state index contributed by atoms with van der Waals surface area (Å²) in [6.07, 6.45) is 3.16. The van der Waals surface area contributed by atoms with Gasteiger partial charge in [-0.15, -0.1) is 0 Å². The zero-order valence-electron chi connectivity index (χ0n) is 11.5. The van der Waals surface area contributed by atoms with Gasteiger partial charge in [-0.1, -0.05) is 18.2 Å². The molecule has 0 amide bonds. The summed E-state index contributed by atoms with van der Waals surface area (Å²) in [6, 6.07) is 18.2. The minimum absolute atomic E-state index is 0.190. The Morgan fingerprint density at radius 2 is 1.59 bits per heavy atom. The molecular formula is C17H11N3O2. The predicted molar refractivity (Wildman–Crippen MR) is 79.8 cm³/mol. The molecule has 0 N–H and O–H groups in total. The van der Waals surface area contributed by atoms with Gasteiger partial charge in [-0.3, -0.25) is 0 Å². The van der Waals surface area contributed by atoms with Crippen LogP contribution in [0.1, 0.15) is 5.56 Å². The third-order valence-electron chi connectivity index (χ3n) is 2.79. The van der Waals surface area contributed by atoms with E-state index in [1.165, 1.54) is 0 Å². The Labute approximate surface area is 127 Å². The van der Waals surface area contributed by atoms with Crippen LogP contribution in [-0.2, 0) is 0 Å². The maximum atomic E-state index is 9.03. The summed E-state index contributed by atoms with van der Waals surface area (Å²) < 4.78 is 11.4. The summed E-state index contributed by atoms with van der Waals surface area (Å²) in [6.45, 7) is 0. The van der Waals surface area contributed by atoms with Crippen LogP contribution in [0.3, 0.4) is 0 Å². The van der Waals surface area contributed by atoms with Crippen LogP contribution in [0.15, 0.2) is 67.0 Å². The van der Waals surface area contributed by atoms with Crippen LogP contribution in [-0.4, -0.2) is 9.97 Å². The van der Waals surface area contributed by atoms with Crippen LogP contribution in [0.25, 0.3) is 0 Å². The van der Waals surface area contributed by atoms with E-state index < -0.39 is 0 Å². The molecule has 0 spiro atoms. The van der Waals surface area contributed by atoms with Crippen LogP contribution in [0.4, 0.5) is 0 Å². The summed E-state index contributed by atoms with van der Waals surface area (Å²) in [7, 11) is 0. The molecule has 0 fully saturated rings. The number of aromatic nitrogens is 2. The molecule has 0 radical (unpaired) electrons. The molecule has 0 saturated carbocycles. The Kier molecular flexibility index (Phi) is 3.94. The predicted octanol–water partition coefficient (Wildman–Crippen LogP) is 3.93. The van der Waals surface area contributed by atoms with Crippen molar-refractivity contribution in [2.45, 2.75) is 0 Å². The summed E-state index contributed by atoms with van der Waals surface area (Å²) >= 11 is 0. The van der Waals surface area contributed by atoms with Crippen LogP contribution in [0.5, 0.6) is 23.3 Å². The molecule has 0 unspecified atom stereocenters. The number of rotatable bonds is 4. The van der Waals surface area contributed by atoms with Crippen molar-refractivity contribution < 1.29 is 9.47 Å². The molecule has 0 atom stereocenters. The van der Waals surface area contributed by atoms with Crippen molar-refractivity contribution in [3.63, 3.8) is 0 Å². The molecule has 0 aliphatic carbocycles. The van der Waals surface area contributed by atoms with Crippen LogP contribution in [0.2, 0.25) is 0 Å². The van der Waals surface area contributed by atoms with Crippen molar-refractivity contribution in [2.75, 3.05) is 0 Å². The van der Waals surface area contributed by atoms with Gasteiger partial charge in [0.15, 0.2) is 11.5 Å². The fourth-order valence-corrected chi connectivity index (χ4v) is 1.79. The maximum Gasteiger partial charge on any atom is 0.321 e. The number of nitrogens with zero attached hydrogens (tertiary/aromatic N) is 3. The molecule has 3 aromatic rings. The highest BCUT2D eigenvalue weighted by molar-refractivity contribution is 5.49. The summed E-state index contributed by atoms with van der Waals surface area (Å²) in [5, 5.41) is 9.03. The first-order chi connectivity index (χ1) is 10.8. The van der Waals surface area contributed by atoms with Crippen molar-refractivity contribution in [2.24, 2.45) is 0 Å². The smallest absolute Gasteiger partial charge is 0.321 e. The van der Waals surface area contributed by atoms with E-state index in [4.69, 9.17) is 14.7 Å². The Morgan fingerprint density at radius 1 is 0.818 bits per heavy atom. The number of benzene rings is 2. The first-order valence-corrected chi connectivity index (χ1v) is 6.57. The van der Waals surface area contributed by atoms with E-state index in [-0.39, 0.29) is 6.01 Å². The number of ether oxygens (including phenoxy) is 2. The lowest BCUT2D eigenvalue weighted by molar-refractivity contribution is 0.398. The van der Waals surface area contributed by atoms with Crippen molar-refractivity contribution in [1.29, 1.82) is 5.26 Å². The van der Waals surface area contributed by atoms with Gasteiger partial charge in [-0.25, -0.2) is 9.97 Å². The Hall–Kier alpha value is -3.39. The summed E-state index contributed by atoms with van der Waals surface area (Å²) in [4.78, 5) is 8.01. The summed E-state index contributed by atoms with van der Waals surface area (Å²) in [5.41, 5.74) is 0.464. The monoisotopic (exact) mass is 289 g/mol. The molecule has 106 valence electrons. The fourth-order valence-electron chi connectivity index (χ4n) is 1.79. The SMILES string of the molecule is N#Cc1ccc(Oc2ccccc2)c(Oc2ncccn2)c1. The van der Waals surface area contributed by atoms with Crippen LogP contribution < -0.4 is 9.47 Å². The normalized spacial score (nSPS) is 9.77. The lowest BCUT2D eigenvalue weighted by atomic mass is 10.2. The van der Waals surface area contributed by atoms with Gasteiger partial charge in [0.1, 0.15) is 5.75 Å². The van der Waals surface area contributed by atoms with Crippen molar-refractivity contribution in [1.82, 2.24) is 9.97 Å². The van der Waals surface area contributed by atoms with Crippen molar-refractivity contribution in [3.8, 4) is 29.3 Å². The van der Waals surface area contributed by atoms with E-state index in [1.807, 2.05) is 30.3 Å². The second-order valence-corrected chi connectivity index (χ2v) is 4.32. The van der Waals surface area contributed by atoms with Crippen molar-refractivity contribution >= 4 is 0 Å². The zero-order valence-corrected chi connectivity index (χ0v) is 11.5. The highest BCUT2D eigenvalue weighted by Crippen LogP contribution is 2.34. The second-order valence-electron chi connectivity index (χ2n) is 4.32. The highest BCUT2D eigenvalue weighted by Gasteiger charge is 2.10. The Morgan fingerprint density at radius 3 is 2.32 bits per heavy atom. The first-order valence-electron chi connectivity index (χ1n) is 6.57. The van der Waals surface area contributed by atoms with Gasteiger partial charge in [0.05, 0.1) is 11.6 Å². The van der Waals surface area contributed by atoms with E-state index in [0.29, 0.717) is 22.8 Å².